The van der Waals surface area contributed by atoms with E-state index in [-0.39, 0.29) is 37.0 Å². The van der Waals surface area contributed by atoms with Gasteiger partial charge in [-0.2, -0.15) is 13.2 Å². The van der Waals surface area contributed by atoms with Crippen LogP contribution in [0.15, 0.2) is 18.2 Å². The van der Waals surface area contributed by atoms with E-state index >= 15 is 0 Å². The van der Waals surface area contributed by atoms with Crippen molar-refractivity contribution in [3.8, 4) is 0 Å². The first kappa shape index (κ1) is 18.3. The van der Waals surface area contributed by atoms with Crippen LogP contribution >= 0.6 is 0 Å². The van der Waals surface area contributed by atoms with Gasteiger partial charge in [0.15, 0.2) is 0 Å². The lowest BCUT2D eigenvalue weighted by Crippen LogP contribution is -2.40. The van der Waals surface area contributed by atoms with Gasteiger partial charge in [-0.1, -0.05) is 13.8 Å². The van der Waals surface area contributed by atoms with Gasteiger partial charge in [0.1, 0.15) is 6.04 Å². The molecule has 1 amide bonds. The van der Waals surface area contributed by atoms with Crippen LogP contribution in [-0.4, -0.2) is 24.5 Å². The van der Waals surface area contributed by atoms with Gasteiger partial charge in [-0.3, -0.25) is 9.69 Å². The summed E-state index contributed by atoms with van der Waals surface area (Å²) in [5.41, 5.74) is -0.276. The number of nitrogens with zero attached hydrogens (tertiary/aromatic N) is 1. The highest BCUT2D eigenvalue weighted by atomic mass is 19.4. The van der Waals surface area contributed by atoms with Gasteiger partial charge in [0.05, 0.1) is 12.2 Å². The molecule has 1 atom stereocenters. The number of ether oxygens (including phenoxy) is 1. The number of alkyl halides is 3. The lowest BCUT2D eigenvalue weighted by atomic mass is 9.99. The first-order valence-corrected chi connectivity index (χ1v) is 7.86. The van der Waals surface area contributed by atoms with Crippen molar-refractivity contribution in [1.82, 2.24) is 0 Å². The van der Waals surface area contributed by atoms with Crippen molar-refractivity contribution in [2.45, 2.75) is 51.7 Å². The molecule has 0 aliphatic carbocycles. The number of halogens is 3. The van der Waals surface area contributed by atoms with Crippen molar-refractivity contribution in [3.63, 3.8) is 0 Å². The Morgan fingerprint density at radius 3 is 2.54 bits per heavy atom. The molecule has 24 heavy (non-hydrogen) atoms. The van der Waals surface area contributed by atoms with E-state index in [0.29, 0.717) is 5.56 Å². The monoisotopic (exact) mass is 343 g/mol. The highest BCUT2D eigenvalue weighted by Gasteiger charge is 2.40. The Balaban J connectivity index is 2.50. The normalized spacial score (nSPS) is 18.4. The van der Waals surface area contributed by atoms with Gasteiger partial charge in [0.2, 0.25) is 5.91 Å². The largest absolute Gasteiger partial charge is 0.464 e. The molecule has 1 aliphatic rings. The van der Waals surface area contributed by atoms with Gasteiger partial charge in [-0.25, -0.2) is 4.79 Å². The Kier molecular flexibility index (Phi) is 5.20. The van der Waals surface area contributed by atoms with Gasteiger partial charge in [-0.15, -0.1) is 0 Å². The van der Waals surface area contributed by atoms with Gasteiger partial charge in [0.25, 0.3) is 0 Å². The predicted molar refractivity (Wildman–Crippen MR) is 82.7 cm³/mol. The zero-order valence-electron chi connectivity index (χ0n) is 13.8. The second-order valence-corrected chi connectivity index (χ2v) is 6.04. The van der Waals surface area contributed by atoms with Crippen molar-refractivity contribution in [2.75, 3.05) is 11.5 Å². The van der Waals surface area contributed by atoms with Crippen molar-refractivity contribution >= 4 is 17.6 Å². The average molecular weight is 343 g/mol. The molecule has 1 aromatic carbocycles. The lowest BCUT2D eigenvalue weighted by molar-refractivity contribution is -0.144. The molecule has 1 aliphatic heterocycles. The minimum atomic E-state index is -4.53. The number of amides is 1. The van der Waals surface area contributed by atoms with Crippen LogP contribution in [0, 0.1) is 0 Å². The molecular formula is C17H20F3NO3. The van der Waals surface area contributed by atoms with Crippen molar-refractivity contribution < 1.29 is 27.5 Å². The molecule has 0 bridgehead atoms. The fourth-order valence-electron chi connectivity index (χ4n) is 2.74. The minimum absolute atomic E-state index is 0.0917. The van der Waals surface area contributed by atoms with Crippen LogP contribution in [0.4, 0.5) is 18.9 Å². The zero-order chi connectivity index (χ0) is 18.1. The summed E-state index contributed by atoms with van der Waals surface area (Å²) in [4.78, 5) is 25.3. The Morgan fingerprint density at radius 2 is 2.00 bits per heavy atom. The highest BCUT2D eigenvalue weighted by Crippen LogP contribution is 2.37. The van der Waals surface area contributed by atoms with Crippen LogP contribution in [-0.2, 0) is 20.5 Å². The number of hydrogen-bond donors (Lipinski definition) is 0. The molecule has 1 unspecified atom stereocenters. The standard InChI is InChI=1S/C17H20F3NO3/c1-4-24-16(23)14-5-6-15(22)21(14)13-8-11(10(2)3)7-12(9-13)17(18,19)20/h7-10,14H,4-6H2,1-3H3. The van der Waals surface area contributed by atoms with E-state index in [1.165, 1.54) is 6.07 Å². The SMILES string of the molecule is CCOC(=O)C1CCC(=O)N1c1cc(C(C)C)cc(C(F)(F)F)c1. The summed E-state index contributed by atoms with van der Waals surface area (Å²) in [5, 5.41) is 0. The predicted octanol–water partition coefficient (Wildman–Crippen LogP) is 3.89. The van der Waals surface area contributed by atoms with Gasteiger partial charge in [0, 0.05) is 12.1 Å². The third-order valence-corrected chi connectivity index (χ3v) is 3.98. The molecule has 0 radical (unpaired) electrons. The van der Waals surface area contributed by atoms with Crippen LogP contribution in [0.2, 0.25) is 0 Å². The number of benzene rings is 1. The lowest BCUT2D eigenvalue weighted by Gasteiger charge is -2.25. The molecule has 1 saturated heterocycles. The topological polar surface area (TPSA) is 46.6 Å². The van der Waals surface area contributed by atoms with E-state index in [0.717, 1.165) is 17.0 Å². The van der Waals surface area contributed by atoms with E-state index in [4.69, 9.17) is 4.74 Å². The molecule has 1 fully saturated rings. The number of anilines is 1. The molecule has 132 valence electrons. The third kappa shape index (κ3) is 3.71. The summed E-state index contributed by atoms with van der Waals surface area (Å²) in [6.45, 7) is 5.33. The van der Waals surface area contributed by atoms with Crippen molar-refractivity contribution in [2.24, 2.45) is 0 Å². The first-order valence-electron chi connectivity index (χ1n) is 7.86. The first-order chi connectivity index (χ1) is 11.1. The minimum Gasteiger partial charge on any atom is -0.464 e. The van der Waals surface area contributed by atoms with Gasteiger partial charge < -0.3 is 4.74 Å². The molecular weight excluding hydrogens is 323 g/mol. The number of carbonyl (C=O) groups is 2. The summed E-state index contributed by atoms with van der Waals surface area (Å²) in [5.74, 6) is -1.11. The molecule has 1 heterocycles. The van der Waals surface area contributed by atoms with Gasteiger partial charge in [-0.05, 0) is 43.0 Å². The molecule has 1 aromatic rings. The Morgan fingerprint density at radius 1 is 1.33 bits per heavy atom. The maximum absolute atomic E-state index is 13.2. The second kappa shape index (κ2) is 6.83. The Hall–Kier alpha value is -2.05. The Labute approximate surface area is 138 Å². The summed E-state index contributed by atoms with van der Waals surface area (Å²) in [6.07, 6.45) is -4.18. The fourth-order valence-corrected chi connectivity index (χ4v) is 2.74. The maximum Gasteiger partial charge on any atom is 0.416 e. The summed E-state index contributed by atoms with van der Waals surface area (Å²) in [7, 11) is 0. The van der Waals surface area contributed by atoms with Crippen LogP contribution in [0.5, 0.6) is 0 Å². The maximum atomic E-state index is 13.2. The Bertz CT molecular complexity index is 640. The second-order valence-electron chi connectivity index (χ2n) is 6.04. The molecule has 0 spiro atoms. The van der Waals surface area contributed by atoms with Crippen LogP contribution < -0.4 is 4.90 Å². The fraction of sp³-hybridized carbons (Fsp3) is 0.529. The third-order valence-electron chi connectivity index (χ3n) is 3.98. The molecule has 0 aromatic heterocycles. The van der Waals surface area contributed by atoms with Crippen molar-refractivity contribution in [3.05, 3.63) is 29.3 Å². The summed E-state index contributed by atoms with van der Waals surface area (Å²) in [6, 6.07) is 2.66. The average Bonchev–Trinajstić information content (AvgIpc) is 2.88. The molecule has 2 rings (SSSR count). The van der Waals surface area contributed by atoms with Gasteiger partial charge >= 0.3 is 12.1 Å². The molecule has 7 heteroatoms. The number of rotatable bonds is 4. The summed E-state index contributed by atoms with van der Waals surface area (Å²) < 4.78 is 44.5. The highest BCUT2D eigenvalue weighted by molar-refractivity contribution is 6.02. The number of carbonyl (C=O) groups excluding carboxylic acids is 2. The van der Waals surface area contributed by atoms with E-state index in [1.54, 1.807) is 20.8 Å². The van der Waals surface area contributed by atoms with E-state index in [1.807, 2.05) is 0 Å². The van der Waals surface area contributed by atoms with E-state index < -0.39 is 23.8 Å². The zero-order valence-corrected chi connectivity index (χ0v) is 13.8. The molecule has 4 nitrogen and oxygen atoms in total. The van der Waals surface area contributed by atoms with Crippen LogP contribution in [0.3, 0.4) is 0 Å². The number of hydrogen-bond acceptors (Lipinski definition) is 3. The smallest absolute Gasteiger partial charge is 0.416 e. The molecule has 0 saturated carbocycles. The summed E-state index contributed by atoms with van der Waals surface area (Å²) >= 11 is 0. The van der Waals surface area contributed by atoms with E-state index in [9.17, 15) is 22.8 Å². The van der Waals surface area contributed by atoms with E-state index in [2.05, 4.69) is 0 Å². The number of esters is 1. The van der Waals surface area contributed by atoms with Crippen molar-refractivity contribution in [1.29, 1.82) is 0 Å². The van der Waals surface area contributed by atoms with Crippen LogP contribution in [0.25, 0.3) is 0 Å². The quantitative estimate of drug-likeness (QED) is 0.779. The van der Waals surface area contributed by atoms with Crippen LogP contribution in [0.1, 0.15) is 50.7 Å². The molecule has 0 N–H and O–H groups in total.